The highest BCUT2D eigenvalue weighted by molar-refractivity contribution is 5.87. The smallest absolute Gasteiger partial charge is 0.237 e. The van der Waals surface area contributed by atoms with Crippen molar-refractivity contribution < 1.29 is 14.3 Å². The molecule has 6 nitrogen and oxygen atoms in total. The lowest BCUT2D eigenvalue weighted by atomic mass is 10.1. The molecule has 5 N–H and O–H groups in total. The predicted octanol–water partition coefficient (Wildman–Crippen LogP) is -0.443. The number of amides is 2. The van der Waals surface area contributed by atoms with Crippen LogP contribution in [0.1, 0.15) is 12.0 Å². The van der Waals surface area contributed by atoms with E-state index in [4.69, 9.17) is 16.2 Å². The van der Waals surface area contributed by atoms with E-state index in [9.17, 15) is 9.59 Å². The zero-order chi connectivity index (χ0) is 14.3. The third kappa shape index (κ3) is 5.39. The van der Waals surface area contributed by atoms with Gasteiger partial charge in [0.1, 0.15) is 5.75 Å². The molecule has 6 heteroatoms. The highest BCUT2D eigenvalue weighted by Crippen LogP contribution is 2.12. The monoisotopic (exact) mass is 265 g/mol. The van der Waals surface area contributed by atoms with Crippen molar-refractivity contribution in [1.29, 1.82) is 0 Å². The summed E-state index contributed by atoms with van der Waals surface area (Å²) in [5.41, 5.74) is 11.5. The normalized spacial score (nSPS) is 11.7. The number of nitrogens with one attached hydrogen (secondary N) is 1. The quantitative estimate of drug-likeness (QED) is 0.621. The summed E-state index contributed by atoms with van der Waals surface area (Å²) in [6, 6.07) is 6.69. The molecule has 0 saturated carbocycles. The highest BCUT2D eigenvalue weighted by Gasteiger charge is 2.15. The maximum absolute atomic E-state index is 11.5. The summed E-state index contributed by atoms with van der Waals surface area (Å²) in [6.45, 7) is 0.443. The van der Waals surface area contributed by atoms with E-state index in [0.29, 0.717) is 13.0 Å². The molecule has 0 unspecified atom stereocenters. The third-order valence-electron chi connectivity index (χ3n) is 2.60. The Hall–Kier alpha value is -2.08. The van der Waals surface area contributed by atoms with Gasteiger partial charge in [0.15, 0.2) is 0 Å². The van der Waals surface area contributed by atoms with E-state index in [1.807, 2.05) is 24.3 Å². The maximum atomic E-state index is 11.5. The van der Waals surface area contributed by atoms with Crippen LogP contribution in [0.3, 0.4) is 0 Å². The van der Waals surface area contributed by atoms with Crippen LogP contribution in [-0.4, -0.2) is 31.5 Å². The van der Waals surface area contributed by atoms with E-state index in [1.165, 1.54) is 0 Å². The molecule has 2 amide bonds. The van der Waals surface area contributed by atoms with E-state index >= 15 is 0 Å². The molecule has 0 aliphatic rings. The molecule has 19 heavy (non-hydrogen) atoms. The molecule has 1 aromatic carbocycles. The van der Waals surface area contributed by atoms with Crippen LogP contribution in [0.4, 0.5) is 0 Å². The molecule has 1 rings (SSSR count). The van der Waals surface area contributed by atoms with Crippen LogP contribution < -0.4 is 21.5 Å². The van der Waals surface area contributed by atoms with Gasteiger partial charge in [-0.3, -0.25) is 9.59 Å². The van der Waals surface area contributed by atoms with Crippen molar-refractivity contribution >= 4 is 11.8 Å². The predicted molar refractivity (Wildman–Crippen MR) is 71.5 cm³/mol. The maximum Gasteiger partial charge on any atom is 0.237 e. The van der Waals surface area contributed by atoms with Crippen molar-refractivity contribution in [2.45, 2.75) is 18.9 Å². The van der Waals surface area contributed by atoms with Crippen molar-refractivity contribution in [3.8, 4) is 5.75 Å². The van der Waals surface area contributed by atoms with Crippen LogP contribution in [-0.2, 0) is 16.0 Å². The number of benzene rings is 1. The number of rotatable bonds is 7. The average molecular weight is 265 g/mol. The van der Waals surface area contributed by atoms with Crippen LogP contribution in [0.2, 0.25) is 0 Å². The molecular weight excluding hydrogens is 246 g/mol. The summed E-state index contributed by atoms with van der Waals surface area (Å²) in [4.78, 5) is 22.2. The molecule has 0 aliphatic carbocycles. The Balaban J connectivity index is 2.37. The van der Waals surface area contributed by atoms with Crippen molar-refractivity contribution in [2.75, 3.05) is 13.7 Å². The SMILES string of the molecule is COc1cccc(CCNC(=O)[C@H](N)CC(N)=O)c1. The van der Waals surface area contributed by atoms with Crippen LogP contribution in [0.25, 0.3) is 0 Å². The van der Waals surface area contributed by atoms with Gasteiger partial charge in [0.05, 0.1) is 19.6 Å². The Morgan fingerprint density at radius 2 is 2.16 bits per heavy atom. The second-order valence-corrected chi connectivity index (χ2v) is 4.17. The number of carbonyl (C=O) groups excluding carboxylic acids is 2. The van der Waals surface area contributed by atoms with Gasteiger partial charge in [-0.25, -0.2) is 0 Å². The van der Waals surface area contributed by atoms with Crippen LogP contribution >= 0.6 is 0 Å². The van der Waals surface area contributed by atoms with Crippen molar-refractivity contribution in [2.24, 2.45) is 11.5 Å². The summed E-state index contributed by atoms with van der Waals surface area (Å²) in [5.74, 6) is -0.189. The van der Waals surface area contributed by atoms with Crippen LogP contribution in [0.5, 0.6) is 5.75 Å². The van der Waals surface area contributed by atoms with Crippen molar-refractivity contribution in [3.05, 3.63) is 29.8 Å². The fourth-order valence-electron chi connectivity index (χ4n) is 1.60. The first-order valence-electron chi connectivity index (χ1n) is 5.97. The number of hydrogen-bond acceptors (Lipinski definition) is 4. The minimum absolute atomic E-state index is 0.148. The topological polar surface area (TPSA) is 107 Å². The lowest BCUT2D eigenvalue weighted by Crippen LogP contribution is -2.43. The lowest BCUT2D eigenvalue weighted by molar-refractivity contribution is -0.126. The Kier molecular flexibility index (Phi) is 5.81. The molecule has 0 fully saturated rings. The summed E-state index contributed by atoms with van der Waals surface area (Å²) in [6.07, 6.45) is 0.511. The first kappa shape index (κ1) is 15.0. The van der Waals surface area contributed by atoms with Gasteiger partial charge < -0.3 is 21.5 Å². The summed E-state index contributed by atoms with van der Waals surface area (Å²) < 4.78 is 5.11. The first-order valence-corrected chi connectivity index (χ1v) is 5.97. The first-order chi connectivity index (χ1) is 9.02. The van der Waals surface area contributed by atoms with Gasteiger partial charge in [-0.05, 0) is 24.1 Å². The number of carbonyl (C=O) groups is 2. The molecule has 0 heterocycles. The van der Waals surface area contributed by atoms with Crippen molar-refractivity contribution in [1.82, 2.24) is 5.32 Å². The molecule has 0 spiro atoms. The zero-order valence-corrected chi connectivity index (χ0v) is 10.9. The standard InChI is InChI=1S/C13H19N3O3/c1-19-10-4-2-3-9(7-10)5-6-16-13(18)11(14)8-12(15)17/h2-4,7,11H,5-6,8,14H2,1H3,(H2,15,17)(H,16,18)/t11-/m1/s1. The van der Waals surface area contributed by atoms with Gasteiger partial charge in [0.2, 0.25) is 11.8 Å². The Morgan fingerprint density at radius 1 is 1.42 bits per heavy atom. The second-order valence-electron chi connectivity index (χ2n) is 4.17. The Labute approximate surface area is 112 Å². The van der Waals surface area contributed by atoms with E-state index in [1.54, 1.807) is 7.11 Å². The Bertz CT molecular complexity index is 449. The van der Waals surface area contributed by atoms with E-state index in [2.05, 4.69) is 5.32 Å². The van der Waals surface area contributed by atoms with Crippen molar-refractivity contribution in [3.63, 3.8) is 0 Å². The molecule has 0 aliphatic heterocycles. The largest absolute Gasteiger partial charge is 0.497 e. The molecular formula is C13H19N3O3. The number of nitrogens with two attached hydrogens (primary N) is 2. The van der Waals surface area contributed by atoms with Crippen LogP contribution in [0.15, 0.2) is 24.3 Å². The second kappa shape index (κ2) is 7.38. The molecule has 0 saturated heterocycles. The molecule has 1 aromatic rings. The fourth-order valence-corrected chi connectivity index (χ4v) is 1.60. The lowest BCUT2D eigenvalue weighted by Gasteiger charge is -2.10. The van der Waals surface area contributed by atoms with Gasteiger partial charge in [-0.2, -0.15) is 0 Å². The third-order valence-corrected chi connectivity index (χ3v) is 2.60. The van der Waals surface area contributed by atoms with Gasteiger partial charge in [-0.15, -0.1) is 0 Å². The highest BCUT2D eigenvalue weighted by atomic mass is 16.5. The zero-order valence-electron chi connectivity index (χ0n) is 10.9. The van der Waals surface area contributed by atoms with Gasteiger partial charge in [0.25, 0.3) is 0 Å². The molecule has 0 radical (unpaired) electrons. The summed E-state index contributed by atoms with van der Waals surface area (Å²) in [5, 5.41) is 2.66. The average Bonchev–Trinajstić information content (AvgIpc) is 2.38. The van der Waals surface area contributed by atoms with Crippen LogP contribution in [0, 0.1) is 0 Å². The summed E-state index contributed by atoms with van der Waals surface area (Å²) in [7, 11) is 1.60. The number of methoxy groups -OCH3 is 1. The minimum Gasteiger partial charge on any atom is -0.497 e. The molecule has 104 valence electrons. The molecule has 0 aromatic heterocycles. The number of primary amides is 1. The number of ether oxygens (including phenoxy) is 1. The van der Waals surface area contributed by atoms with E-state index in [-0.39, 0.29) is 12.3 Å². The van der Waals surface area contributed by atoms with E-state index in [0.717, 1.165) is 11.3 Å². The molecule has 1 atom stereocenters. The summed E-state index contributed by atoms with van der Waals surface area (Å²) >= 11 is 0. The van der Waals surface area contributed by atoms with Gasteiger partial charge in [0, 0.05) is 6.54 Å². The van der Waals surface area contributed by atoms with Gasteiger partial charge >= 0.3 is 0 Å². The number of hydrogen-bond donors (Lipinski definition) is 3. The fraction of sp³-hybridized carbons (Fsp3) is 0.385. The Morgan fingerprint density at radius 3 is 2.79 bits per heavy atom. The van der Waals surface area contributed by atoms with E-state index < -0.39 is 11.9 Å². The molecule has 0 bridgehead atoms. The van der Waals surface area contributed by atoms with Gasteiger partial charge in [-0.1, -0.05) is 12.1 Å². The minimum atomic E-state index is -0.886.